The van der Waals surface area contributed by atoms with E-state index in [1.807, 2.05) is 0 Å². The Bertz CT molecular complexity index is 571. The molecule has 6 heteroatoms. The molecule has 1 rings (SSSR count). The molecule has 0 fully saturated rings. The molecule has 0 atom stereocenters. The molecule has 0 aliphatic heterocycles. The van der Waals surface area contributed by atoms with Crippen molar-refractivity contribution in [2.45, 2.75) is 38.1 Å². The van der Waals surface area contributed by atoms with Gasteiger partial charge in [0.2, 0.25) is 0 Å². The number of rotatable bonds is 3. The SMILES string of the molecule is CCS(=O)(=O)c1nc(C(C)(C)C#N)cnc1C. The van der Waals surface area contributed by atoms with E-state index in [0.717, 1.165) is 0 Å². The largest absolute Gasteiger partial charge is 0.257 e. The van der Waals surface area contributed by atoms with E-state index in [9.17, 15) is 8.42 Å². The smallest absolute Gasteiger partial charge is 0.197 e. The van der Waals surface area contributed by atoms with E-state index < -0.39 is 15.3 Å². The van der Waals surface area contributed by atoms with Crippen LogP contribution in [0.5, 0.6) is 0 Å². The van der Waals surface area contributed by atoms with Crippen molar-refractivity contribution < 1.29 is 8.42 Å². The van der Waals surface area contributed by atoms with E-state index in [-0.39, 0.29) is 10.8 Å². The molecule has 92 valence electrons. The maximum absolute atomic E-state index is 11.8. The van der Waals surface area contributed by atoms with Crippen LogP contribution in [0.3, 0.4) is 0 Å². The van der Waals surface area contributed by atoms with Crippen molar-refractivity contribution in [3.05, 3.63) is 17.6 Å². The molecule has 1 aromatic heterocycles. The summed E-state index contributed by atoms with van der Waals surface area (Å²) in [7, 11) is -3.40. The second kappa shape index (κ2) is 4.41. The van der Waals surface area contributed by atoms with Gasteiger partial charge in [-0.05, 0) is 20.8 Å². The van der Waals surface area contributed by atoms with Gasteiger partial charge < -0.3 is 0 Å². The van der Waals surface area contributed by atoms with Crippen LogP contribution in [0.1, 0.15) is 32.2 Å². The van der Waals surface area contributed by atoms with E-state index >= 15 is 0 Å². The second-order valence-corrected chi connectivity index (χ2v) is 6.48. The van der Waals surface area contributed by atoms with Crippen molar-refractivity contribution >= 4 is 9.84 Å². The number of sulfone groups is 1. The van der Waals surface area contributed by atoms with Gasteiger partial charge >= 0.3 is 0 Å². The average Bonchev–Trinajstić information content (AvgIpc) is 2.29. The third kappa shape index (κ3) is 2.61. The maximum Gasteiger partial charge on any atom is 0.197 e. The topological polar surface area (TPSA) is 83.7 Å². The highest BCUT2D eigenvalue weighted by atomic mass is 32.2. The molecule has 0 saturated heterocycles. The predicted octanol–water partition coefficient (Wildman–Crippen LogP) is 1.38. The molecule has 0 spiro atoms. The van der Waals surface area contributed by atoms with E-state index in [1.165, 1.54) is 6.20 Å². The Balaban J connectivity index is 3.47. The minimum atomic E-state index is -3.40. The highest BCUT2D eigenvalue weighted by Crippen LogP contribution is 2.22. The summed E-state index contributed by atoms with van der Waals surface area (Å²) >= 11 is 0. The molecule has 0 aliphatic carbocycles. The first kappa shape index (κ1) is 13.6. The first-order valence-corrected chi connectivity index (χ1v) is 6.88. The summed E-state index contributed by atoms with van der Waals surface area (Å²) in [6.45, 7) is 6.50. The van der Waals surface area contributed by atoms with E-state index in [4.69, 9.17) is 5.26 Å². The van der Waals surface area contributed by atoms with Crippen LogP contribution in [0.4, 0.5) is 0 Å². The molecule has 0 N–H and O–H groups in total. The molecule has 5 nitrogen and oxygen atoms in total. The fourth-order valence-electron chi connectivity index (χ4n) is 1.22. The van der Waals surface area contributed by atoms with Crippen LogP contribution in [0, 0.1) is 18.3 Å². The normalized spacial score (nSPS) is 12.2. The molecule has 0 aromatic carbocycles. The van der Waals surface area contributed by atoms with Gasteiger partial charge in [0.25, 0.3) is 0 Å². The molecule has 1 heterocycles. The zero-order valence-electron chi connectivity index (χ0n) is 10.4. The number of nitrogens with zero attached hydrogens (tertiary/aromatic N) is 3. The van der Waals surface area contributed by atoms with Crippen molar-refractivity contribution in [1.29, 1.82) is 5.26 Å². The average molecular weight is 253 g/mol. The molecular weight excluding hydrogens is 238 g/mol. The van der Waals surface area contributed by atoms with Crippen LogP contribution in [0.15, 0.2) is 11.2 Å². The number of hydrogen-bond donors (Lipinski definition) is 0. The third-order valence-corrected chi connectivity index (χ3v) is 4.24. The molecule has 0 saturated carbocycles. The highest BCUT2D eigenvalue weighted by molar-refractivity contribution is 7.91. The zero-order chi connectivity index (χ0) is 13.3. The molecule has 1 aromatic rings. The molecule has 0 bridgehead atoms. The van der Waals surface area contributed by atoms with Gasteiger partial charge in [-0.15, -0.1) is 0 Å². The lowest BCUT2D eigenvalue weighted by Gasteiger charge is -2.15. The Morgan fingerprint density at radius 2 is 2.06 bits per heavy atom. The lowest BCUT2D eigenvalue weighted by atomic mass is 9.92. The Morgan fingerprint density at radius 3 is 2.53 bits per heavy atom. The van der Waals surface area contributed by atoms with E-state index in [1.54, 1.807) is 27.7 Å². The summed E-state index contributed by atoms with van der Waals surface area (Å²) in [4.78, 5) is 8.10. The summed E-state index contributed by atoms with van der Waals surface area (Å²) in [5.74, 6) is -0.0288. The van der Waals surface area contributed by atoms with Crippen LogP contribution in [0.2, 0.25) is 0 Å². The van der Waals surface area contributed by atoms with Gasteiger partial charge in [-0.2, -0.15) is 5.26 Å². The number of nitriles is 1. The summed E-state index contributed by atoms with van der Waals surface area (Å²) in [6.07, 6.45) is 1.45. The van der Waals surface area contributed by atoms with Crippen LogP contribution in [-0.2, 0) is 15.3 Å². The lowest BCUT2D eigenvalue weighted by Crippen LogP contribution is -2.20. The first-order chi connectivity index (χ1) is 7.74. The van der Waals surface area contributed by atoms with Gasteiger partial charge in [0.15, 0.2) is 14.9 Å². The minimum Gasteiger partial charge on any atom is -0.257 e. The van der Waals surface area contributed by atoms with Gasteiger partial charge in [-0.3, -0.25) is 4.98 Å². The molecule has 0 amide bonds. The Hall–Kier alpha value is -1.48. The molecule has 0 radical (unpaired) electrons. The molecule has 0 aliphatic rings. The molecule has 17 heavy (non-hydrogen) atoms. The number of aromatic nitrogens is 2. The van der Waals surface area contributed by atoms with Crippen molar-refractivity contribution in [3.8, 4) is 6.07 Å². The quantitative estimate of drug-likeness (QED) is 0.812. The lowest BCUT2D eigenvalue weighted by molar-refractivity contribution is 0.584. The number of aryl methyl sites for hydroxylation is 1. The summed E-state index contributed by atoms with van der Waals surface area (Å²) in [5, 5.41) is 8.97. The second-order valence-electron chi connectivity index (χ2n) is 4.29. The Morgan fingerprint density at radius 1 is 1.47 bits per heavy atom. The summed E-state index contributed by atoms with van der Waals surface area (Å²) < 4.78 is 23.6. The predicted molar refractivity (Wildman–Crippen MR) is 63.1 cm³/mol. The highest BCUT2D eigenvalue weighted by Gasteiger charge is 2.26. The van der Waals surface area contributed by atoms with Gasteiger partial charge in [0, 0.05) is 0 Å². The fraction of sp³-hybridized carbons (Fsp3) is 0.545. The van der Waals surface area contributed by atoms with Crippen LogP contribution in [0.25, 0.3) is 0 Å². The van der Waals surface area contributed by atoms with Gasteiger partial charge in [-0.25, -0.2) is 13.4 Å². The van der Waals surface area contributed by atoms with Gasteiger partial charge in [0.1, 0.15) is 0 Å². The molecular formula is C11H15N3O2S. The summed E-state index contributed by atoms with van der Waals surface area (Å²) in [5.41, 5.74) is -0.111. The standard InChI is InChI=1S/C11H15N3O2S/c1-5-17(15,16)10-8(2)13-6-9(14-10)11(3,4)7-12/h6H,5H2,1-4H3. The van der Waals surface area contributed by atoms with Crippen molar-refractivity contribution in [3.63, 3.8) is 0 Å². The van der Waals surface area contributed by atoms with Crippen molar-refractivity contribution in [1.82, 2.24) is 9.97 Å². The molecule has 0 unspecified atom stereocenters. The minimum absolute atomic E-state index is 0.0270. The maximum atomic E-state index is 11.8. The number of hydrogen-bond acceptors (Lipinski definition) is 5. The van der Waals surface area contributed by atoms with Gasteiger partial charge in [0.05, 0.1) is 34.8 Å². The first-order valence-electron chi connectivity index (χ1n) is 5.22. The van der Waals surface area contributed by atoms with Gasteiger partial charge in [-0.1, -0.05) is 6.92 Å². The van der Waals surface area contributed by atoms with E-state index in [2.05, 4.69) is 16.0 Å². The van der Waals surface area contributed by atoms with Crippen LogP contribution < -0.4 is 0 Å². The van der Waals surface area contributed by atoms with Crippen molar-refractivity contribution in [2.75, 3.05) is 5.75 Å². The van der Waals surface area contributed by atoms with Crippen LogP contribution >= 0.6 is 0 Å². The van der Waals surface area contributed by atoms with E-state index in [0.29, 0.717) is 11.4 Å². The Kier molecular flexibility index (Phi) is 3.53. The van der Waals surface area contributed by atoms with Crippen molar-refractivity contribution in [2.24, 2.45) is 0 Å². The summed E-state index contributed by atoms with van der Waals surface area (Å²) in [6, 6.07) is 2.08. The van der Waals surface area contributed by atoms with Crippen LogP contribution in [-0.4, -0.2) is 24.1 Å². The monoisotopic (exact) mass is 253 g/mol. The third-order valence-electron chi connectivity index (χ3n) is 2.51. The fourth-order valence-corrected chi connectivity index (χ4v) is 2.24. The Labute approximate surface area is 101 Å². The zero-order valence-corrected chi connectivity index (χ0v) is 11.2.